The van der Waals surface area contributed by atoms with Gasteiger partial charge < -0.3 is 9.64 Å². The van der Waals surface area contributed by atoms with Crippen LogP contribution in [0, 0.1) is 0 Å². The standard InChI is InChI=1S/C18H27N3O4S/c1-15-12-20(13-16(2)25-15)18(22)14-19-8-10-21(11-9-19)26(23,24)17-6-4-3-5-7-17/h3-7,15-16H,8-14H2,1-2H3/t15-,16-/m0/s1. The molecule has 0 aliphatic carbocycles. The van der Waals surface area contributed by atoms with Crippen molar-refractivity contribution in [3.05, 3.63) is 30.3 Å². The molecule has 1 amide bonds. The minimum absolute atomic E-state index is 0.0514. The molecule has 2 aliphatic heterocycles. The molecule has 0 saturated carbocycles. The van der Waals surface area contributed by atoms with E-state index in [1.807, 2.05) is 23.6 Å². The largest absolute Gasteiger partial charge is 0.372 e. The normalized spacial score (nSPS) is 26.0. The lowest BCUT2D eigenvalue weighted by atomic mass is 10.2. The van der Waals surface area contributed by atoms with Gasteiger partial charge in [0.2, 0.25) is 15.9 Å². The Labute approximate surface area is 155 Å². The molecular weight excluding hydrogens is 354 g/mol. The third-order valence-corrected chi connectivity index (χ3v) is 6.76. The molecule has 0 aromatic heterocycles. The van der Waals surface area contributed by atoms with Crippen molar-refractivity contribution in [3.8, 4) is 0 Å². The highest BCUT2D eigenvalue weighted by Gasteiger charge is 2.31. The first-order valence-corrected chi connectivity index (χ1v) is 10.5. The van der Waals surface area contributed by atoms with Crippen LogP contribution in [0.4, 0.5) is 0 Å². The minimum Gasteiger partial charge on any atom is -0.372 e. The van der Waals surface area contributed by atoms with E-state index in [-0.39, 0.29) is 18.1 Å². The van der Waals surface area contributed by atoms with Gasteiger partial charge in [-0.2, -0.15) is 4.31 Å². The van der Waals surface area contributed by atoms with Gasteiger partial charge in [-0.1, -0.05) is 18.2 Å². The zero-order valence-electron chi connectivity index (χ0n) is 15.4. The number of hydrogen-bond acceptors (Lipinski definition) is 5. The summed E-state index contributed by atoms with van der Waals surface area (Å²) in [6, 6.07) is 8.49. The van der Waals surface area contributed by atoms with E-state index >= 15 is 0 Å². The summed E-state index contributed by atoms with van der Waals surface area (Å²) in [5, 5.41) is 0. The molecule has 2 fully saturated rings. The average molecular weight is 381 g/mol. The molecule has 2 heterocycles. The molecule has 0 spiro atoms. The van der Waals surface area contributed by atoms with Crippen molar-refractivity contribution >= 4 is 15.9 Å². The molecule has 0 bridgehead atoms. The summed E-state index contributed by atoms with van der Waals surface area (Å²) in [5.41, 5.74) is 0. The Morgan fingerprint density at radius 3 is 2.19 bits per heavy atom. The molecule has 26 heavy (non-hydrogen) atoms. The number of carbonyl (C=O) groups excluding carboxylic acids is 1. The third-order valence-electron chi connectivity index (χ3n) is 4.84. The average Bonchev–Trinajstić information content (AvgIpc) is 2.62. The summed E-state index contributed by atoms with van der Waals surface area (Å²) >= 11 is 0. The van der Waals surface area contributed by atoms with Crippen LogP contribution in [0.2, 0.25) is 0 Å². The van der Waals surface area contributed by atoms with Gasteiger partial charge in [-0.05, 0) is 26.0 Å². The Balaban J connectivity index is 1.53. The lowest BCUT2D eigenvalue weighted by molar-refractivity contribution is -0.144. The minimum atomic E-state index is -3.45. The number of rotatable bonds is 4. The SMILES string of the molecule is C[C@H]1CN(C(=O)CN2CCN(S(=O)(=O)c3ccccc3)CC2)C[C@H](C)O1. The van der Waals surface area contributed by atoms with Crippen molar-refractivity contribution in [2.24, 2.45) is 0 Å². The van der Waals surface area contributed by atoms with Crippen LogP contribution in [0.15, 0.2) is 35.2 Å². The second-order valence-corrected chi connectivity index (χ2v) is 8.99. The van der Waals surface area contributed by atoms with Crippen molar-refractivity contribution < 1.29 is 17.9 Å². The van der Waals surface area contributed by atoms with Gasteiger partial charge >= 0.3 is 0 Å². The van der Waals surface area contributed by atoms with Crippen LogP contribution < -0.4 is 0 Å². The smallest absolute Gasteiger partial charge is 0.243 e. The predicted octanol–water partition coefficient (Wildman–Crippen LogP) is 0.629. The van der Waals surface area contributed by atoms with Gasteiger partial charge in [0.05, 0.1) is 23.6 Å². The molecule has 3 rings (SSSR count). The van der Waals surface area contributed by atoms with Gasteiger partial charge in [-0.3, -0.25) is 9.69 Å². The van der Waals surface area contributed by atoms with E-state index in [1.54, 1.807) is 30.3 Å². The molecule has 0 unspecified atom stereocenters. The predicted molar refractivity (Wildman–Crippen MR) is 98.2 cm³/mol. The molecule has 1 aromatic rings. The van der Waals surface area contributed by atoms with E-state index in [9.17, 15) is 13.2 Å². The lowest BCUT2D eigenvalue weighted by Gasteiger charge is -2.38. The maximum Gasteiger partial charge on any atom is 0.243 e. The number of carbonyl (C=O) groups is 1. The maximum atomic E-state index is 12.7. The fourth-order valence-electron chi connectivity index (χ4n) is 3.54. The fourth-order valence-corrected chi connectivity index (χ4v) is 4.99. The fraction of sp³-hybridized carbons (Fsp3) is 0.611. The van der Waals surface area contributed by atoms with E-state index in [0.29, 0.717) is 50.7 Å². The lowest BCUT2D eigenvalue weighted by Crippen LogP contribution is -2.54. The number of amides is 1. The van der Waals surface area contributed by atoms with Gasteiger partial charge in [0.15, 0.2) is 0 Å². The molecule has 1 aromatic carbocycles. The van der Waals surface area contributed by atoms with Crippen LogP contribution in [-0.4, -0.2) is 86.5 Å². The van der Waals surface area contributed by atoms with Gasteiger partial charge in [0.25, 0.3) is 0 Å². The van der Waals surface area contributed by atoms with Crippen LogP contribution in [0.25, 0.3) is 0 Å². The van der Waals surface area contributed by atoms with Gasteiger partial charge in [0, 0.05) is 39.3 Å². The second-order valence-electron chi connectivity index (χ2n) is 7.05. The first-order valence-electron chi connectivity index (χ1n) is 9.07. The Morgan fingerprint density at radius 2 is 1.62 bits per heavy atom. The quantitative estimate of drug-likeness (QED) is 0.765. The zero-order chi connectivity index (χ0) is 18.7. The Morgan fingerprint density at radius 1 is 1.04 bits per heavy atom. The van der Waals surface area contributed by atoms with Crippen LogP contribution in [0.1, 0.15) is 13.8 Å². The van der Waals surface area contributed by atoms with E-state index in [0.717, 1.165) is 0 Å². The van der Waals surface area contributed by atoms with Crippen molar-refractivity contribution in [1.82, 2.24) is 14.1 Å². The Hall–Kier alpha value is -1.48. The number of sulfonamides is 1. The second kappa shape index (κ2) is 8.04. The number of morpholine rings is 1. The molecule has 2 atom stereocenters. The van der Waals surface area contributed by atoms with Crippen LogP contribution in [0.3, 0.4) is 0 Å². The van der Waals surface area contributed by atoms with Crippen molar-refractivity contribution in [2.75, 3.05) is 45.8 Å². The van der Waals surface area contributed by atoms with Crippen molar-refractivity contribution in [3.63, 3.8) is 0 Å². The highest BCUT2D eigenvalue weighted by molar-refractivity contribution is 7.89. The number of ether oxygens (including phenoxy) is 1. The molecule has 8 heteroatoms. The highest BCUT2D eigenvalue weighted by atomic mass is 32.2. The van der Waals surface area contributed by atoms with Crippen molar-refractivity contribution in [1.29, 1.82) is 0 Å². The van der Waals surface area contributed by atoms with Gasteiger partial charge in [-0.25, -0.2) is 8.42 Å². The first kappa shape index (κ1) is 19.3. The van der Waals surface area contributed by atoms with E-state index in [1.165, 1.54) is 4.31 Å². The summed E-state index contributed by atoms with van der Waals surface area (Å²) in [7, 11) is -3.45. The summed E-state index contributed by atoms with van der Waals surface area (Å²) < 4.78 is 32.5. The topological polar surface area (TPSA) is 70.2 Å². The molecule has 2 saturated heterocycles. The summed E-state index contributed by atoms with van der Waals surface area (Å²) in [5.74, 6) is 0.0892. The third kappa shape index (κ3) is 4.43. The van der Waals surface area contributed by atoms with E-state index in [4.69, 9.17) is 4.74 Å². The zero-order valence-corrected chi connectivity index (χ0v) is 16.2. The molecule has 0 radical (unpaired) electrons. The number of hydrogen-bond donors (Lipinski definition) is 0. The number of piperazine rings is 1. The molecule has 0 N–H and O–H groups in total. The summed E-state index contributed by atoms with van der Waals surface area (Å²) in [4.78, 5) is 16.8. The van der Waals surface area contributed by atoms with Crippen LogP contribution in [0.5, 0.6) is 0 Å². The first-order chi connectivity index (χ1) is 12.4. The Bertz CT molecular complexity index is 707. The summed E-state index contributed by atoms with van der Waals surface area (Å²) in [6.45, 7) is 7.45. The molecule has 144 valence electrons. The maximum absolute atomic E-state index is 12.7. The van der Waals surface area contributed by atoms with Gasteiger partial charge in [-0.15, -0.1) is 0 Å². The van der Waals surface area contributed by atoms with Crippen LogP contribution >= 0.6 is 0 Å². The highest BCUT2D eigenvalue weighted by Crippen LogP contribution is 2.17. The Kier molecular flexibility index (Phi) is 5.96. The van der Waals surface area contributed by atoms with Crippen LogP contribution in [-0.2, 0) is 19.6 Å². The summed E-state index contributed by atoms with van der Waals surface area (Å²) in [6.07, 6.45) is 0.103. The molecular formula is C18H27N3O4S. The monoisotopic (exact) mass is 381 g/mol. The number of nitrogens with zero attached hydrogens (tertiary/aromatic N) is 3. The molecule has 7 nitrogen and oxygen atoms in total. The molecule has 2 aliphatic rings. The van der Waals surface area contributed by atoms with E-state index in [2.05, 4.69) is 0 Å². The van der Waals surface area contributed by atoms with Gasteiger partial charge in [0.1, 0.15) is 0 Å². The van der Waals surface area contributed by atoms with E-state index < -0.39 is 10.0 Å². The van der Waals surface area contributed by atoms with Crippen molar-refractivity contribution in [2.45, 2.75) is 31.0 Å². The number of benzene rings is 1.